The molecule has 0 bridgehead atoms. The van der Waals surface area contributed by atoms with Crippen LogP contribution in [0.2, 0.25) is 0 Å². The fourth-order valence-electron chi connectivity index (χ4n) is 1.79. The van der Waals surface area contributed by atoms with E-state index < -0.39 is 0 Å². The van der Waals surface area contributed by atoms with Gasteiger partial charge in [0.15, 0.2) is 0 Å². The smallest absolute Gasteiger partial charge is 0.0285 e. The van der Waals surface area contributed by atoms with Crippen molar-refractivity contribution < 1.29 is 0 Å². The first-order chi connectivity index (χ1) is 8.19. The molecule has 2 N–H and O–H groups in total. The molecule has 0 spiro atoms. The van der Waals surface area contributed by atoms with Gasteiger partial charge in [0.1, 0.15) is 0 Å². The maximum atomic E-state index is 5.71. The second-order valence-corrected chi connectivity index (χ2v) is 6.20. The summed E-state index contributed by atoms with van der Waals surface area (Å²) in [6.45, 7) is 2.87. The van der Waals surface area contributed by atoms with Crippen LogP contribution in [-0.2, 0) is 6.42 Å². The van der Waals surface area contributed by atoms with Crippen LogP contribution in [0, 0.1) is 0 Å². The molecule has 1 atom stereocenters. The van der Waals surface area contributed by atoms with E-state index in [1.165, 1.54) is 20.5 Å². The van der Waals surface area contributed by atoms with E-state index in [4.69, 9.17) is 5.73 Å². The Balaban J connectivity index is 2.16. The van der Waals surface area contributed by atoms with E-state index in [-0.39, 0.29) is 0 Å². The van der Waals surface area contributed by atoms with Crippen LogP contribution in [0.25, 0.3) is 0 Å². The molecule has 2 rings (SSSR count). The monoisotopic (exact) mass is 309 g/mol. The van der Waals surface area contributed by atoms with Crippen LogP contribution in [0.3, 0.4) is 0 Å². The minimum Gasteiger partial charge on any atom is -0.330 e. The minimum absolute atomic E-state index is 0.435. The Kier molecular flexibility index (Phi) is 4.37. The fraction of sp³-hybridized carbons (Fsp3) is 0.286. The average molecular weight is 310 g/mol. The standard InChI is InChI=1S/C14H16BrNS/c1-10(8-16)12-4-2-3-11(5-12)6-14-7-13(15)9-17-14/h2-5,7,9-10H,6,8,16H2,1H3. The first kappa shape index (κ1) is 12.8. The van der Waals surface area contributed by atoms with Crippen molar-refractivity contribution in [1.29, 1.82) is 0 Å². The van der Waals surface area contributed by atoms with Crippen LogP contribution in [0.4, 0.5) is 0 Å². The van der Waals surface area contributed by atoms with Crippen molar-refractivity contribution in [3.8, 4) is 0 Å². The second kappa shape index (κ2) is 5.80. The highest BCUT2D eigenvalue weighted by molar-refractivity contribution is 9.10. The molecular weight excluding hydrogens is 294 g/mol. The predicted molar refractivity (Wildman–Crippen MR) is 78.7 cm³/mol. The molecule has 0 fully saturated rings. The van der Waals surface area contributed by atoms with Crippen molar-refractivity contribution in [2.75, 3.05) is 6.54 Å². The Bertz CT molecular complexity index is 492. The number of halogens is 1. The molecule has 1 nitrogen and oxygen atoms in total. The van der Waals surface area contributed by atoms with Crippen molar-refractivity contribution in [3.05, 3.63) is 56.2 Å². The summed E-state index contributed by atoms with van der Waals surface area (Å²) in [5.41, 5.74) is 8.40. The van der Waals surface area contributed by atoms with Crippen molar-refractivity contribution in [3.63, 3.8) is 0 Å². The summed E-state index contributed by atoms with van der Waals surface area (Å²) in [5, 5.41) is 2.13. The maximum absolute atomic E-state index is 5.71. The fourth-order valence-corrected chi connectivity index (χ4v) is 3.28. The van der Waals surface area contributed by atoms with Gasteiger partial charge in [-0.15, -0.1) is 11.3 Å². The Morgan fingerprint density at radius 1 is 1.35 bits per heavy atom. The molecule has 0 amide bonds. The number of thiophene rings is 1. The molecule has 90 valence electrons. The highest BCUT2D eigenvalue weighted by Gasteiger charge is 2.05. The average Bonchev–Trinajstić information content (AvgIpc) is 2.74. The van der Waals surface area contributed by atoms with E-state index in [1.54, 1.807) is 11.3 Å². The van der Waals surface area contributed by atoms with Gasteiger partial charge in [0.25, 0.3) is 0 Å². The van der Waals surface area contributed by atoms with Crippen LogP contribution in [0.1, 0.15) is 28.8 Å². The molecule has 0 radical (unpaired) electrons. The lowest BCUT2D eigenvalue weighted by Crippen LogP contribution is -2.08. The van der Waals surface area contributed by atoms with E-state index in [9.17, 15) is 0 Å². The lowest BCUT2D eigenvalue weighted by atomic mass is 9.98. The van der Waals surface area contributed by atoms with Crippen LogP contribution in [0.15, 0.2) is 40.2 Å². The molecule has 0 saturated heterocycles. The summed E-state index contributed by atoms with van der Waals surface area (Å²) >= 11 is 5.28. The molecule has 0 aliphatic carbocycles. The van der Waals surface area contributed by atoms with E-state index in [0.717, 1.165) is 6.42 Å². The summed E-state index contributed by atoms with van der Waals surface area (Å²) in [4.78, 5) is 1.38. The quantitative estimate of drug-likeness (QED) is 0.901. The molecule has 1 heterocycles. The third kappa shape index (κ3) is 3.41. The van der Waals surface area contributed by atoms with Gasteiger partial charge in [-0.25, -0.2) is 0 Å². The topological polar surface area (TPSA) is 26.0 Å². The van der Waals surface area contributed by atoms with Gasteiger partial charge in [0.2, 0.25) is 0 Å². The molecule has 3 heteroatoms. The molecule has 2 aromatic rings. The summed E-state index contributed by atoms with van der Waals surface area (Å²) in [5.74, 6) is 0.435. The summed E-state index contributed by atoms with van der Waals surface area (Å²) in [7, 11) is 0. The largest absolute Gasteiger partial charge is 0.330 e. The lowest BCUT2D eigenvalue weighted by molar-refractivity contribution is 0.772. The zero-order valence-electron chi connectivity index (χ0n) is 9.82. The summed E-state index contributed by atoms with van der Waals surface area (Å²) < 4.78 is 1.17. The van der Waals surface area contributed by atoms with Crippen LogP contribution < -0.4 is 5.73 Å². The highest BCUT2D eigenvalue weighted by Crippen LogP contribution is 2.23. The van der Waals surface area contributed by atoms with Crippen LogP contribution in [0.5, 0.6) is 0 Å². The van der Waals surface area contributed by atoms with Crippen molar-refractivity contribution in [1.82, 2.24) is 0 Å². The van der Waals surface area contributed by atoms with Crippen LogP contribution >= 0.6 is 27.3 Å². The van der Waals surface area contributed by atoms with Gasteiger partial charge in [-0.1, -0.05) is 31.2 Å². The first-order valence-electron chi connectivity index (χ1n) is 5.71. The minimum atomic E-state index is 0.435. The van der Waals surface area contributed by atoms with Gasteiger partial charge >= 0.3 is 0 Å². The van der Waals surface area contributed by atoms with E-state index in [1.807, 2.05) is 0 Å². The Morgan fingerprint density at radius 3 is 2.82 bits per heavy atom. The van der Waals surface area contributed by atoms with Gasteiger partial charge in [-0.05, 0) is 45.6 Å². The third-order valence-corrected chi connectivity index (χ3v) is 4.57. The molecule has 0 saturated carbocycles. The predicted octanol–water partition coefficient (Wildman–Crippen LogP) is 4.16. The van der Waals surface area contributed by atoms with E-state index >= 15 is 0 Å². The third-order valence-electron chi connectivity index (χ3n) is 2.87. The molecule has 17 heavy (non-hydrogen) atoms. The van der Waals surface area contributed by atoms with Crippen molar-refractivity contribution >= 4 is 27.3 Å². The normalized spacial score (nSPS) is 12.6. The highest BCUT2D eigenvalue weighted by atomic mass is 79.9. The van der Waals surface area contributed by atoms with Gasteiger partial charge in [0, 0.05) is 21.2 Å². The number of hydrogen-bond donors (Lipinski definition) is 1. The van der Waals surface area contributed by atoms with E-state index in [0.29, 0.717) is 12.5 Å². The molecule has 1 unspecified atom stereocenters. The number of nitrogens with two attached hydrogens (primary N) is 1. The van der Waals surface area contributed by atoms with E-state index in [2.05, 4.69) is 58.6 Å². The SMILES string of the molecule is CC(CN)c1cccc(Cc2cc(Br)cs2)c1. The second-order valence-electron chi connectivity index (χ2n) is 4.29. The number of benzene rings is 1. The number of rotatable bonds is 4. The number of hydrogen-bond acceptors (Lipinski definition) is 2. The summed E-state index contributed by atoms with van der Waals surface area (Å²) in [6.07, 6.45) is 1.00. The van der Waals surface area contributed by atoms with Crippen molar-refractivity contribution in [2.45, 2.75) is 19.3 Å². The van der Waals surface area contributed by atoms with Crippen molar-refractivity contribution in [2.24, 2.45) is 5.73 Å². The first-order valence-corrected chi connectivity index (χ1v) is 7.38. The Labute approximate surface area is 115 Å². The van der Waals surface area contributed by atoms with Gasteiger partial charge in [0.05, 0.1) is 0 Å². The maximum Gasteiger partial charge on any atom is 0.0285 e. The van der Waals surface area contributed by atoms with Gasteiger partial charge in [-0.2, -0.15) is 0 Å². The zero-order valence-corrected chi connectivity index (χ0v) is 12.2. The molecule has 1 aromatic heterocycles. The Morgan fingerprint density at radius 2 is 2.18 bits per heavy atom. The molecule has 1 aromatic carbocycles. The van der Waals surface area contributed by atoms with Gasteiger partial charge < -0.3 is 5.73 Å². The lowest BCUT2D eigenvalue weighted by Gasteiger charge is -2.10. The molecule has 0 aliphatic rings. The molecule has 0 aliphatic heterocycles. The summed E-state index contributed by atoms with van der Waals surface area (Å²) in [6, 6.07) is 10.9. The van der Waals surface area contributed by atoms with Crippen LogP contribution in [-0.4, -0.2) is 6.54 Å². The zero-order chi connectivity index (χ0) is 12.3. The molecular formula is C14H16BrNS. The Hall–Kier alpha value is -0.640. The van der Waals surface area contributed by atoms with Gasteiger partial charge in [-0.3, -0.25) is 0 Å².